The van der Waals surface area contributed by atoms with Crippen LogP contribution in [0.5, 0.6) is 0 Å². The van der Waals surface area contributed by atoms with Gasteiger partial charge in [-0.1, -0.05) is 12.1 Å². The van der Waals surface area contributed by atoms with Crippen LogP contribution in [0.15, 0.2) is 42.6 Å². The Morgan fingerprint density at radius 3 is 2.69 bits per heavy atom. The number of benzene rings is 1. The van der Waals surface area contributed by atoms with E-state index in [0.29, 0.717) is 6.54 Å². The van der Waals surface area contributed by atoms with Crippen LogP contribution in [-0.2, 0) is 6.42 Å². The summed E-state index contributed by atoms with van der Waals surface area (Å²) in [6.07, 6.45) is 2.47. The summed E-state index contributed by atoms with van der Waals surface area (Å²) in [5.74, 6) is -0.227. The third-order valence-electron chi connectivity index (χ3n) is 2.37. The highest BCUT2D eigenvalue weighted by atomic mass is 19.1. The Bertz CT molecular complexity index is 483. The molecule has 1 aromatic carbocycles. The fourth-order valence-electron chi connectivity index (χ4n) is 1.61. The van der Waals surface area contributed by atoms with Gasteiger partial charge in [0, 0.05) is 18.3 Å². The smallest absolute Gasteiger partial charge is 0.123 e. The predicted molar refractivity (Wildman–Crippen MR) is 62.4 cm³/mol. The molecule has 1 aromatic heterocycles. The van der Waals surface area contributed by atoms with Crippen molar-refractivity contribution in [2.45, 2.75) is 6.42 Å². The van der Waals surface area contributed by atoms with Gasteiger partial charge >= 0.3 is 0 Å². The lowest BCUT2D eigenvalue weighted by atomic mass is 10.1. The van der Waals surface area contributed by atoms with Crippen LogP contribution in [0.1, 0.15) is 5.69 Å². The van der Waals surface area contributed by atoms with Gasteiger partial charge in [-0.25, -0.2) is 4.39 Å². The zero-order chi connectivity index (χ0) is 11.4. The van der Waals surface area contributed by atoms with Gasteiger partial charge in [0.05, 0.1) is 0 Å². The van der Waals surface area contributed by atoms with Crippen molar-refractivity contribution in [3.05, 3.63) is 54.1 Å². The van der Waals surface area contributed by atoms with Crippen molar-refractivity contribution in [1.82, 2.24) is 4.98 Å². The fraction of sp³-hybridized carbons (Fsp3) is 0.154. The summed E-state index contributed by atoms with van der Waals surface area (Å²) in [5, 5.41) is 0. The summed E-state index contributed by atoms with van der Waals surface area (Å²) in [5.41, 5.74) is 8.24. The molecule has 16 heavy (non-hydrogen) atoms. The fourth-order valence-corrected chi connectivity index (χ4v) is 1.61. The molecule has 0 radical (unpaired) electrons. The molecule has 0 aliphatic heterocycles. The number of hydrogen-bond donors (Lipinski definition) is 1. The quantitative estimate of drug-likeness (QED) is 0.855. The summed E-state index contributed by atoms with van der Waals surface area (Å²) in [4.78, 5) is 4.20. The van der Waals surface area contributed by atoms with E-state index in [9.17, 15) is 4.39 Å². The van der Waals surface area contributed by atoms with Crippen LogP contribution >= 0.6 is 0 Å². The lowest BCUT2D eigenvalue weighted by molar-refractivity contribution is 0.628. The Hall–Kier alpha value is -1.74. The average Bonchev–Trinajstić information content (AvgIpc) is 2.30. The first-order chi connectivity index (χ1) is 7.79. The Morgan fingerprint density at radius 2 is 1.94 bits per heavy atom. The summed E-state index contributed by atoms with van der Waals surface area (Å²) in [6, 6.07) is 10.3. The number of aromatic nitrogens is 1. The van der Waals surface area contributed by atoms with Crippen molar-refractivity contribution in [2.75, 3.05) is 6.54 Å². The molecular weight excluding hydrogens is 203 g/mol. The van der Waals surface area contributed by atoms with Gasteiger partial charge in [0.1, 0.15) is 5.82 Å². The maximum atomic E-state index is 13.1. The van der Waals surface area contributed by atoms with E-state index >= 15 is 0 Å². The highest BCUT2D eigenvalue weighted by Crippen LogP contribution is 2.20. The van der Waals surface area contributed by atoms with Gasteiger partial charge in [0.15, 0.2) is 0 Å². The van der Waals surface area contributed by atoms with Crippen LogP contribution in [0.4, 0.5) is 4.39 Å². The van der Waals surface area contributed by atoms with Crippen molar-refractivity contribution in [2.24, 2.45) is 5.73 Å². The Labute approximate surface area is 93.9 Å². The molecule has 0 spiro atoms. The van der Waals surface area contributed by atoms with E-state index in [2.05, 4.69) is 4.98 Å². The number of rotatable bonds is 3. The van der Waals surface area contributed by atoms with Gasteiger partial charge in [0.25, 0.3) is 0 Å². The minimum Gasteiger partial charge on any atom is -0.330 e. The Kier molecular flexibility index (Phi) is 3.27. The third kappa shape index (κ3) is 2.44. The molecule has 0 amide bonds. The summed E-state index contributed by atoms with van der Waals surface area (Å²) in [6.45, 7) is 0.569. The first-order valence-corrected chi connectivity index (χ1v) is 5.20. The lowest BCUT2D eigenvalue weighted by Gasteiger charge is -2.04. The minimum absolute atomic E-state index is 0.227. The first-order valence-electron chi connectivity index (χ1n) is 5.20. The summed E-state index contributed by atoms with van der Waals surface area (Å²) >= 11 is 0. The Balaban J connectivity index is 2.36. The maximum Gasteiger partial charge on any atom is 0.123 e. The SMILES string of the molecule is NCCc1cc(-c2cccc(F)c2)ccn1. The van der Waals surface area contributed by atoms with Crippen molar-refractivity contribution >= 4 is 0 Å². The van der Waals surface area contributed by atoms with E-state index in [1.54, 1.807) is 12.3 Å². The first kappa shape index (κ1) is 10.8. The van der Waals surface area contributed by atoms with Gasteiger partial charge in [-0.15, -0.1) is 0 Å². The van der Waals surface area contributed by atoms with Crippen LogP contribution in [0.3, 0.4) is 0 Å². The van der Waals surface area contributed by atoms with E-state index in [1.165, 1.54) is 12.1 Å². The van der Waals surface area contributed by atoms with E-state index < -0.39 is 0 Å². The highest BCUT2D eigenvalue weighted by molar-refractivity contribution is 5.63. The van der Waals surface area contributed by atoms with Gasteiger partial charge in [-0.2, -0.15) is 0 Å². The molecule has 2 N–H and O–H groups in total. The second kappa shape index (κ2) is 4.86. The number of pyridine rings is 1. The lowest BCUT2D eigenvalue weighted by Crippen LogP contribution is -2.04. The molecule has 2 rings (SSSR count). The normalized spacial score (nSPS) is 10.4. The van der Waals surface area contributed by atoms with Crippen LogP contribution in [0.2, 0.25) is 0 Å². The predicted octanol–water partition coefficient (Wildman–Crippen LogP) is 2.39. The van der Waals surface area contributed by atoms with Crippen LogP contribution in [-0.4, -0.2) is 11.5 Å². The molecule has 3 heteroatoms. The van der Waals surface area contributed by atoms with E-state index in [0.717, 1.165) is 23.2 Å². The van der Waals surface area contributed by atoms with Crippen LogP contribution in [0, 0.1) is 5.82 Å². The van der Waals surface area contributed by atoms with Gasteiger partial charge < -0.3 is 5.73 Å². The molecule has 0 fully saturated rings. The molecule has 82 valence electrons. The van der Waals surface area contributed by atoms with E-state index in [1.807, 2.05) is 18.2 Å². The third-order valence-corrected chi connectivity index (χ3v) is 2.37. The van der Waals surface area contributed by atoms with Crippen molar-refractivity contribution in [3.63, 3.8) is 0 Å². The topological polar surface area (TPSA) is 38.9 Å². The van der Waals surface area contributed by atoms with Gasteiger partial charge in [-0.3, -0.25) is 4.98 Å². The molecule has 0 atom stereocenters. The van der Waals surface area contributed by atoms with Crippen LogP contribution in [0.25, 0.3) is 11.1 Å². The molecular formula is C13H13FN2. The number of halogens is 1. The van der Waals surface area contributed by atoms with Crippen molar-refractivity contribution in [3.8, 4) is 11.1 Å². The molecule has 0 saturated carbocycles. The monoisotopic (exact) mass is 216 g/mol. The molecule has 0 unspecified atom stereocenters. The van der Waals surface area contributed by atoms with Crippen molar-refractivity contribution < 1.29 is 4.39 Å². The molecule has 0 aliphatic rings. The van der Waals surface area contributed by atoms with Gasteiger partial charge in [0.2, 0.25) is 0 Å². The minimum atomic E-state index is -0.227. The molecule has 0 saturated heterocycles. The standard InChI is InChI=1S/C13H13FN2/c14-12-3-1-2-10(8-12)11-5-7-16-13(9-11)4-6-15/h1-3,5,7-9H,4,6,15H2. The summed E-state index contributed by atoms with van der Waals surface area (Å²) < 4.78 is 13.1. The molecule has 0 aliphatic carbocycles. The Morgan fingerprint density at radius 1 is 1.12 bits per heavy atom. The second-order valence-corrected chi connectivity index (χ2v) is 3.58. The van der Waals surface area contributed by atoms with E-state index in [-0.39, 0.29) is 5.82 Å². The maximum absolute atomic E-state index is 13.1. The number of nitrogens with two attached hydrogens (primary N) is 1. The number of hydrogen-bond acceptors (Lipinski definition) is 2. The van der Waals surface area contributed by atoms with Gasteiger partial charge in [-0.05, 0) is 41.9 Å². The molecule has 2 aromatic rings. The van der Waals surface area contributed by atoms with Crippen LogP contribution < -0.4 is 5.73 Å². The molecule has 0 bridgehead atoms. The van der Waals surface area contributed by atoms with E-state index in [4.69, 9.17) is 5.73 Å². The highest BCUT2D eigenvalue weighted by Gasteiger charge is 2.01. The van der Waals surface area contributed by atoms with Crippen molar-refractivity contribution in [1.29, 1.82) is 0 Å². The molecule has 1 heterocycles. The largest absolute Gasteiger partial charge is 0.330 e. The zero-order valence-corrected chi connectivity index (χ0v) is 8.86. The zero-order valence-electron chi connectivity index (χ0n) is 8.86. The number of nitrogens with zero attached hydrogens (tertiary/aromatic N) is 1. The summed E-state index contributed by atoms with van der Waals surface area (Å²) in [7, 11) is 0. The molecule has 2 nitrogen and oxygen atoms in total. The second-order valence-electron chi connectivity index (χ2n) is 3.58. The average molecular weight is 216 g/mol.